The van der Waals surface area contributed by atoms with E-state index in [9.17, 15) is 0 Å². The number of nitrogens with one attached hydrogen (secondary N) is 1. The predicted molar refractivity (Wildman–Crippen MR) is 126 cm³/mol. The molecule has 1 N–H and O–H groups in total. The molecule has 1 fully saturated rings. The molecule has 1 saturated carbocycles. The van der Waals surface area contributed by atoms with Crippen LogP contribution in [0.4, 0.5) is 5.82 Å². The normalized spacial score (nSPS) is 14.4. The largest absolute Gasteiger partial charge is 0.369 e. The van der Waals surface area contributed by atoms with Crippen molar-refractivity contribution in [2.24, 2.45) is 5.92 Å². The first-order valence-electron chi connectivity index (χ1n) is 10.7. The maximum atomic E-state index is 4.94. The van der Waals surface area contributed by atoms with E-state index in [2.05, 4.69) is 51.3 Å². The Hall–Kier alpha value is -3.03. The molecule has 0 radical (unpaired) electrons. The van der Waals surface area contributed by atoms with Crippen molar-refractivity contribution >= 4 is 22.8 Å². The standard InChI is InChI=1S/C26H25N3S/c1-3-9-20(10-4-1)14-15-22-17-23(30-19-22)25-26(27-18-21-11-5-2-6-12-21)29-16-8-7-13-24(29)28-25/h1,3-4,7-10,13,16-17,19,21,27H,2,5-6,11-12,18H2. The van der Waals surface area contributed by atoms with Gasteiger partial charge in [-0.2, -0.15) is 0 Å². The predicted octanol–water partition coefficient (Wildman–Crippen LogP) is 6.45. The number of hydrogen-bond acceptors (Lipinski definition) is 3. The lowest BCUT2D eigenvalue weighted by Crippen LogP contribution is -2.18. The maximum Gasteiger partial charge on any atom is 0.139 e. The molecule has 5 rings (SSSR count). The third-order valence-electron chi connectivity index (χ3n) is 5.77. The number of aromatic nitrogens is 2. The topological polar surface area (TPSA) is 29.3 Å². The van der Waals surface area contributed by atoms with Crippen molar-refractivity contribution < 1.29 is 0 Å². The molecule has 1 aliphatic rings. The van der Waals surface area contributed by atoms with Crippen LogP contribution in [0.1, 0.15) is 43.2 Å². The van der Waals surface area contributed by atoms with Gasteiger partial charge in [-0.05, 0) is 49.1 Å². The summed E-state index contributed by atoms with van der Waals surface area (Å²) in [5.74, 6) is 8.40. The van der Waals surface area contributed by atoms with Crippen LogP contribution in [0.15, 0.2) is 66.2 Å². The third kappa shape index (κ3) is 4.13. The van der Waals surface area contributed by atoms with Crippen molar-refractivity contribution in [3.8, 4) is 22.4 Å². The quantitative estimate of drug-likeness (QED) is 0.391. The van der Waals surface area contributed by atoms with Crippen LogP contribution in [0, 0.1) is 17.8 Å². The first-order chi connectivity index (χ1) is 14.9. The second-order valence-corrected chi connectivity index (χ2v) is 8.85. The van der Waals surface area contributed by atoms with Gasteiger partial charge in [0.2, 0.25) is 0 Å². The Balaban J connectivity index is 1.44. The fraction of sp³-hybridized carbons (Fsp3) is 0.269. The Morgan fingerprint density at radius 2 is 1.77 bits per heavy atom. The van der Waals surface area contributed by atoms with Crippen LogP contribution in [0.5, 0.6) is 0 Å². The lowest BCUT2D eigenvalue weighted by Gasteiger charge is -2.22. The Kier molecular flexibility index (Phi) is 5.54. The molecule has 3 heterocycles. The van der Waals surface area contributed by atoms with Crippen LogP contribution < -0.4 is 5.32 Å². The second kappa shape index (κ2) is 8.77. The lowest BCUT2D eigenvalue weighted by atomic mass is 9.89. The van der Waals surface area contributed by atoms with Crippen LogP contribution in [-0.2, 0) is 0 Å². The summed E-state index contributed by atoms with van der Waals surface area (Å²) in [5.41, 5.74) is 4.07. The van der Waals surface area contributed by atoms with Crippen LogP contribution in [0.3, 0.4) is 0 Å². The van der Waals surface area contributed by atoms with Gasteiger partial charge in [-0.15, -0.1) is 11.3 Å². The summed E-state index contributed by atoms with van der Waals surface area (Å²) in [6.07, 6.45) is 8.87. The van der Waals surface area contributed by atoms with E-state index in [4.69, 9.17) is 4.98 Å². The SMILES string of the molecule is C(#Cc1csc(-c2nc3ccccn3c2NCC2CCCCC2)c1)c1ccccc1. The van der Waals surface area contributed by atoms with Crippen LogP contribution >= 0.6 is 11.3 Å². The number of rotatable bonds is 4. The number of pyridine rings is 1. The molecule has 3 aromatic heterocycles. The van der Waals surface area contributed by atoms with E-state index in [-0.39, 0.29) is 0 Å². The van der Waals surface area contributed by atoms with Crippen molar-refractivity contribution in [3.05, 3.63) is 77.3 Å². The molecule has 0 aliphatic heterocycles. The van der Waals surface area contributed by atoms with Crippen molar-refractivity contribution in [1.29, 1.82) is 0 Å². The number of anilines is 1. The molecule has 1 aromatic carbocycles. The number of benzene rings is 1. The minimum Gasteiger partial charge on any atom is -0.369 e. The third-order valence-corrected chi connectivity index (χ3v) is 6.71. The molecule has 4 heteroatoms. The van der Waals surface area contributed by atoms with E-state index >= 15 is 0 Å². The number of thiophene rings is 1. The first kappa shape index (κ1) is 19.0. The Bertz CT molecular complexity index is 1190. The van der Waals surface area contributed by atoms with Crippen molar-refractivity contribution in [2.75, 3.05) is 11.9 Å². The Morgan fingerprint density at radius 1 is 0.967 bits per heavy atom. The average molecular weight is 412 g/mol. The van der Waals surface area contributed by atoms with Crippen molar-refractivity contribution in [1.82, 2.24) is 9.38 Å². The van der Waals surface area contributed by atoms with Crippen LogP contribution in [-0.4, -0.2) is 15.9 Å². The highest BCUT2D eigenvalue weighted by molar-refractivity contribution is 7.13. The van der Waals surface area contributed by atoms with E-state index in [0.717, 1.165) is 45.6 Å². The van der Waals surface area contributed by atoms with Gasteiger partial charge in [0, 0.05) is 29.2 Å². The summed E-state index contributed by atoms with van der Waals surface area (Å²) in [6.45, 7) is 1.02. The number of imidazole rings is 1. The van der Waals surface area contributed by atoms with Gasteiger partial charge in [-0.3, -0.25) is 4.40 Å². The molecule has 0 bridgehead atoms. The zero-order chi connectivity index (χ0) is 20.2. The van der Waals surface area contributed by atoms with Crippen molar-refractivity contribution in [3.63, 3.8) is 0 Å². The van der Waals surface area contributed by atoms with E-state index in [1.807, 2.05) is 36.4 Å². The monoisotopic (exact) mass is 411 g/mol. The molecule has 30 heavy (non-hydrogen) atoms. The van der Waals surface area contributed by atoms with Crippen LogP contribution in [0.25, 0.3) is 16.2 Å². The zero-order valence-corrected chi connectivity index (χ0v) is 17.8. The smallest absolute Gasteiger partial charge is 0.139 e. The molecule has 0 saturated heterocycles. The summed E-state index contributed by atoms with van der Waals surface area (Å²) in [4.78, 5) is 6.10. The van der Waals surface area contributed by atoms with Gasteiger partial charge < -0.3 is 5.32 Å². The van der Waals surface area contributed by atoms with Gasteiger partial charge in [0.15, 0.2) is 0 Å². The minimum absolute atomic E-state index is 0.761. The van der Waals surface area contributed by atoms with Gasteiger partial charge in [0.1, 0.15) is 17.2 Å². The highest BCUT2D eigenvalue weighted by Gasteiger charge is 2.18. The zero-order valence-electron chi connectivity index (χ0n) is 17.0. The Morgan fingerprint density at radius 3 is 2.63 bits per heavy atom. The van der Waals surface area contributed by atoms with Crippen LogP contribution in [0.2, 0.25) is 0 Å². The van der Waals surface area contributed by atoms with Gasteiger partial charge >= 0.3 is 0 Å². The highest BCUT2D eigenvalue weighted by Crippen LogP contribution is 2.34. The van der Waals surface area contributed by atoms with E-state index in [1.54, 1.807) is 11.3 Å². The van der Waals surface area contributed by atoms with Crippen molar-refractivity contribution in [2.45, 2.75) is 32.1 Å². The first-order valence-corrected chi connectivity index (χ1v) is 11.6. The molecular formula is C26H25N3S. The summed E-state index contributed by atoms with van der Waals surface area (Å²) >= 11 is 1.71. The summed E-state index contributed by atoms with van der Waals surface area (Å²) in [5, 5.41) is 5.87. The summed E-state index contributed by atoms with van der Waals surface area (Å²) in [6, 6.07) is 18.5. The Labute approximate surface area is 181 Å². The van der Waals surface area contributed by atoms with E-state index < -0.39 is 0 Å². The molecule has 4 aromatic rings. The van der Waals surface area contributed by atoms with E-state index in [1.165, 1.54) is 32.1 Å². The fourth-order valence-corrected chi connectivity index (χ4v) is 4.99. The maximum absolute atomic E-state index is 4.94. The van der Waals surface area contributed by atoms with Gasteiger partial charge in [0.05, 0.1) is 4.88 Å². The number of fused-ring (bicyclic) bond motifs is 1. The second-order valence-electron chi connectivity index (χ2n) is 7.94. The molecule has 0 unspecified atom stereocenters. The summed E-state index contributed by atoms with van der Waals surface area (Å²) in [7, 11) is 0. The van der Waals surface area contributed by atoms with Gasteiger partial charge in [0.25, 0.3) is 0 Å². The number of hydrogen-bond donors (Lipinski definition) is 1. The molecule has 1 aliphatic carbocycles. The number of nitrogens with zero attached hydrogens (tertiary/aromatic N) is 2. The lowest BCUT2D eigenvalue weighted by molar-refractivity contribution is 0.373. The molecule has 3 nitrogen and oxygen atoms in total. The van der Waals surface area contributed by atoms with E-state index in [0.29, 0.717) is 0 Å². The van der Waals surface area contributed by atoms with Gasteiger partial charge in [-0.1, -0.05) is 55.4 Å². The average Bonchev–Trinajstić information content (AvgIpc) is 3.42. The highest BCUT2D eigenvalue weighted by atomic mass is 32.1. The molecule has 0 amide bonds. The summed E-state index contributed by atoms with van der Waals surface area (Å²) < 4.78 is 2.17. The fourth-order valence-electron chi connectivity index (χ4n) is 4.16. The minimum atomic E-state index is 0.761. The van der Waals surface area contributed by atoms with Gasteiger partial charge in [-0.25, -0.2) is 4.98 Å². The molecule has 0 spiro atoms. The molecule has 150 valence electrons. The molecular weight excluding hydrogens is 386 g/mol. The molecule has 0 atom stereocenters.